The second-order valence-corrected chi connectivity index (χ2v) is 5.90. The first kappa shape index (κ1) is 14.4. The summed E-state index contributed by atoms with van der Waals surface area (Å²) in [5, 5.41) is 20.3. The summed E-state index contributed by atoms with van der Waals surface area (Å²) < 4.78 is 5.57. The molecule has 17 heavy (non-hydrogen) atoms. The molecule has 0 amide bonds. The van der Waals surface area contributed by atoms with Crippen LogP contribution in [0, 0.1) is 10.1 Å². The van der Waals surface area contributed by atoms with E-state index in [1.54, 1.807) is 14.0 Å². The Morgan fingerprint density at radius 2 is 2.41 bits per heavy atom. The zero-order valence-corrected chi connectivity index (χ0v) is 11.3. The van der Waals surface area contributed by atoms with Crippen molar-refractivity contribution in [1.29, 1.82) is 0 Å². The Labute approximate surface area is 108 Å². The standard InChI is InChI=1S/C10H15NO4S2/c1-7(12)9-6-8(11(13)14)10(17-9)16-5-3-4-15-2/h6-7,12H,3-5H2,1-2H3. The lowest BCUT2D eigenvalue weighted by molar-refractivity contribution is -0.387. The lowest BCUT2D eigenvalue weighted by atomic mass is 10.3. The van der Waals surface area contributed by atoms with Gasteiger partial charge in [-0.1, -0.05) is 0 Å². The molecule has 0 radical (unpaired) electrons. The fourth-order valence-electron chi connectivity index (χ4n) is 1.19. The molecule has 1 aromatic heterocycles. The molecule has 0 saturated carbocycles. The van der Waals surface area contributed by atoms with Gasteiger partial charge in [-0.15, -0.1) is 23.1 Å². The van der Waals surface area contributed by atoms with Crippen molar-refractivity contribution in [2.24, 2.45) is 0 Å². The second-order valence-electron chi connectivity index (χ2n) is 3.45. The zero-order chi connectivity index (χ0) is 12.8. The fourth-order valence-corrected chi connectivity index (χ4v) is 3.48. The van der Waals surface area contributed by atoms with Gasteiger partial charge >= 0.3 is 0 Å². The Kier molecular flexibility index (Phi) is 5.90. The molecule has 1 atom stereocenters. The lowest BCUT2D eigenvalue weighted by Crippen LogP contribution is -1.91. The highest BCUT2D eigenvalue weighted by Crippen LogP contribution is 2.39. The molecule has 96 valence electrons. The highest BCUT2D eigenvalue weighted by Gasteiger charge is 2.20. The minimum absolute atomic E-state index is 0.0910. The van der Waals surface area contributed by atoms with Crippen LogP contribution in [0.2, 0.25) is 0 Å². The van der Waals surface area contributed by atoms with Crippen molar-refractivity contribution in [3.8, 4) is 0 Å². The van der Waals surface area contributed by atoms with Gasteiger partial charge < -0.3 is 9.84 Å². The normalized spacial score (nSPS) is 12.6. The van der Waals surface area contributed by atoms with Crippen LogP contribution < -0.4 is 0 Å². The maximum Gasteiger partial charge on any atom is 0.294 e. The molecule has 7 heteroatoms. The van der Waals surface area contributed by atoms with Gasteiger partial charge in [-0.2, -0.15) is 0 Å². The van der Waals surface area contributed by atoms with Crippen LogP contribution in [0.1, 0.15) is 24.3 Å². The number of aliphatic hydroxyl groups excluding tert-OH is 1. The molecule has 0 fully saturated rings. The Hall–Kier alpha value is -0.630. The molecule has 0 aliphatic heterocycles. The SMILES string of the molecule is COCCCSc1sc(C(C)O)cc1[N+](=O)[O-]. The third-order valence-electron chi connectivity index (χ3n) is 2.03. The molecule has 1 N–H and O–H groups in total. The maximum atomic E-state index is 10.8. The number of rotatable bonds is 7. The van der Waals surface area contributed by atoms with Gasteiger partial charge in [-0.25, -0.2) is 0 Å². The van der Waals surface area contributed by atoms with E-state index in [4.69, 9.17) is 4.74 Å². The number of ether oxygens (including phenoxy) is 1. The largest absolute Gasteiger partial charge is 0.388 e. The minimum Gasteiger partial charge on any atom is -0.388 e. The number of thiophene rings is 1. The monoisotopic (exact) mass is 277 g/mol. The average molecular weight is 277 g/mol. The van der Waals surface area contributed by atoms with E-state index < -0.39 is 11.0 Å². The number of nitrogens with zero attached hydrogens (tertiary/aromatic N) is 1. The van der Waals surface area contributed by atoms with E-state index >= 15 is 0 Å². The first-order valence-electron chi connectivity index (χ1n) is 5.14. The Morgan fingerprint density at radius 1 is 1.71 bits per heavy atom. The molecule has 1 heterocycles. The highest BCUT2D eigenvalue weighted by molar-refractivity contribution is 8.01. The number of methoxy groups -OCH3 is 1. The number of nitro groups is 1. The van der Waals surface area contributed by atoms with Crippen LogP contribution in [-0.4, -0.2) is 29.5 Å². The van der Waals surface area contributed by atoms with Gasteiger partial charge in [0, 0.05) is 30.4 Å². The molecule has 0 aliphatic carbocycles. The summed E-state index contributed by atoms with van der Waals surface area (Å²) in [6, 6.07) is 1.45. The Balaban J connectivity index is 2.71. The number of hydrogen-bond donors (Lipinski definition) is 1. The van der Waals surface area contributed by atoms with Gasteiger partial charge in [0.1, 0.15) is 4.21 Å². The highest BCUT2D eigenvalue weighted by atomic mass is 32.2. The van der Waals surface area contributed by atoms with Crippen LogP contribution in [0.3, 0.4) is 0 Å². The molecule has 0 spiro atoms. The van der Waals surface area contributed by atoms with E-state index in [1.807, 2.05) is 0 Å². The van der Waals surface area contributed by atoms with Crippen LogP contribution in [0.5, 0.6) is 0 Å². The smallest absolute Gasteiger partial charge is 0.294 e. The number of hydrogen-bond acceptors (Lipinski definition) is 6. The lowest BCUT2D eigenvalue weighted by Gasteiger charge is -1.98. The molecule has 5 nitrogen and oxygen atoms in total. The van der Waals surface area contributed by atoms with E-state index in [2.05, 4.69) is 0 Å². The molecule has 1 aromatic rings. The summed E-state index contributed by atoms with van der Waals surface area (Å²) in [4.78, 5) is 11.1. The van der Waals surface area contributed by atoms with Crippen LogP contribution in [0.15, 0.2) is 10.3 Å². The maximum absolute atomic E-state index is 10.8. The van der Waals surface area contributed by atoms with E-state index in [1.165, 1.54) is 29.2 Å². The van der Waals surface area contributed by atoms with Crippen molar-refractivity contribution in [1.82, 2.24) is 0 Å². The van der Waals surface area contributed by atoms with E-state index in [9.17, 15) is 15.2 Å². The quantitative estimate of drug-likeness (QED) is 0.359. The van der Waals surface area contributed by atoms with Crippen molar-refractivity contribution >= 4 is 28.8 Å². The van der Waals surface area contributed by atoms with Crippen molar-refractivity contribution in [3.05, 3.63) is 21.1 Å². The molecular weight excluding hydrogens is 262 g/mol. The third kappa shape index (κ3) is 4.27. The molecule has 1 unspecified atom stereocenters. The zero-order valence-electron chi connectivity index (χ0n) is 9.71. The van der Waals surface area contributed by atoms with Gasteiger partial charge in [0.05, 0.1) is 11.0 Å². The predicted molar refractivity (Wildman–Crippen MR) is 68.8 cm³/mol. The van der Waals surface area contributed by atoms with Gasteiger partial charge in [-0.05, 0) is 13.3 Å². The summed E-state index contributed by atoms with van der Waals surface area (Å²) in [6.45, 7) is 2.25. The van der Waals surface area contributed by atoms with Crippen LogP contribution >= 0.6 is 23.1 Å². The van der Waals surface area contributed by atoms with Crippen LogP contribution in [-0.2, 0) is 4.74 Å². The van der Waals surface area contributed by atoms with Gasteiger partial charge in [-0.3, -0.25) is 10.1 Å². The van der Waals surface area contributed by atoms with Crippen LogP contribution in [0.4, 0.5) is 5.69 Å². The Bertz CT molecular complexity index is 378. The van der Waals surface area contributed by atoms with E-state index in [0.717, 1.165) is 12.2 Å². The summed E-state index contributed by atoms with van der Waals surface area (Å²) in [6.07, 6.45) is 0.187. The van der Waals surface area contributed by atoms with Crippen molar-refractivity contribution in [2.75, 3.05) is 19.5 Å². The van der Waals surface area contributed by atoms with E-state index in [0.29, 0.717) is 15.7 Å². The van der Waals surface area contributed by atoms with E-state index in [-0.39, 0.29) is 5.69 Å². The molecule has 0 aliphatic rings. The van der Waals surface area contributed by atoms with Gasteiger partial charge in [0.15, 0.2) is 0 Å². The predicted octanol–water partition coefficient (Wildman–Crippen LogP) is 2.84. The molecule has 1 rings (SSSR count). The average Bonchev–Trinajstić information content (AvgIpc) is 2.68. The van der Waals surface area contributed by atoms with Crippen molar-refractivity contribution in [3.63, 3.8) is 0 Å². The number of thioether (sulfide) groups is 1. The minimum atomic E-state index is -0.660. The topological polar surface area (TPSA) is 72.6 Å². The van der Waals surface area contributed by atoms with Crippen molar-refractivity contribution in [2.45, 2.75) is 23.7 Å². The summed E-state index contributed by atoms with van der Waals surface area (Å²) >= 11 is 2.72. The first-order chi connectivity index (χ1) is 8.06. The number of aliphatic hydroxyl groups is 1. The fraction of sp³-hybridized carbons (Fsp3) is 0.600. The summed E-state index contributed by atoms with van der Waals surface area (Å²) in [5.41, 5.74) is 0.0910. The van der Waals surface area contributed by atoms with Gasteiger partial charge in [0.2, 0.25) is 0 Å². The molecular formula is C10H15NO4S2. The third-order valence-corrected chi connectivity index (χ3v) is 4.69. The van der Waals surface area contributed by atoms with Gasteiger partial charge in [0.25, 0.3) is 5.69 Å². The molecule has 0 saturated heterocycles. The molecule has 0 bridgehead atoms. The summed E-state index contributed by atoms with van der Waals surface area (Å²) in [7, 11) is 1.63. The van der Waals surface area contributed by atoms with Crippen LogP contribution in [0.25, 0.3) is 0 Å². The molecule has 0 aromatic carbocycles. The van der Waals surface area contributed by atoms with Crippen molar-refractivity contribution < 1.29 is 14.8 Å². The Morgan fingerprint density at radius 3 is 2.94 bits per heavy atom. The second kappa shape index (κ2) is 6.95. The summed E-state index contributed by atoms with van der Waals surface area (Å²) in [5.74, 6) is 0.772. The first-order valence-corrected chi connectivity index (χ1v) is 6.94.